The number of aryl methyl sites for hydroxylation is 1. The zero-order valence-corrected chi connectivity index (χ0v) is 25.7. The van der Waals surface area contributed by atoms with Crippen LogP contribution in [0.1, 0.15) is 82.8 Å². The van der Waals surface area contributed by atoms with Gasteiger partial charge in [-0.2, -0.15) is 0 Å². The SMILES string of the molecule is C=C(C/C=C\C)/C(=C\C=C(/C)CCOC1C=CCC(C(=O)n2c(C)cc3c(CC(=O)O)cccc32)=CC1)CC.CC. The Labute approximate surface area is 246 Å². The van der Waals surface area contributed by atoms with Crippen molar-refractivity contribution >= 4 is 22.8 Å². The molecule has 0 bridgehead atoms. The minimum Gasteiger partial charge on any atom is -0.481 e. The van der Waals surface area contributed by atoms with E-state index in [0.717, 1.165) is 41.4 Å². The molecular formula is C36H47NO4. The average Bonchev–Trinajstić information content (AvgIpc) is 3.12. The molecule has 0 saturated heterocycles. The molecule has 0 amide bonds. The molecular weight excluding hydrogens is 510 g/mol. The number of fused-ring (bicyclic) bond motifs is 1. The third-order valence-electron chi connectivity index (χ3n) is 7.06. The van der Waals surface area contributed by atoms with Crippen LogP contribution in [0.4, 0.5) is 0 Å². The van der Waals surface area contributed by atoms with Crippen LogP contribution in [0.5, 0.6) is 0 Å². The lowest BCUT2D eigenvalue weighted by atomic mass is 10.0. The van der Waals surface area contributed by atoms with E-state index >= 15 is 0 Å². The molecule has 1 aromatic carbocycles. The number of carbonyl (C=O) groups is 2. The maximum absolute atomic E-state index is 13.5. The topological polar surface area (TPSA) is 68.5 Å². The number of aromatic nitrogens is 1. The Balaban J connectivity index is 0.00000287. The van der Waals surface area contributed by atoms with Crippen LogP contribution in [0.25, 0.3) is 10.9 Å². The van der Waals surface area contributed by atoms with Crippen molar-refractivity contribution < 1.29 is 19.4 Å². The lowest BCUT2D eigenvalue weighted by Crippen LogP contribution is -2.15. The number of hydrogen-bond acceptors (Lipinski definition) is 3. The van der Waals surface area contributed by atoms with Gasteiger partial charge >= 0.3 is 5.97 Å². The van der Waals surface area contributed by atoms with E-state index in [1.165, 1.54) is 11.1 Å². The zero-order valence-electron chi connectivity index (χ0n) is 25.7. The van der Waals surface area contributed by atoms with Crippen molar-refractivity contribution in [2.24, 2.45) is 0 Å². The van der Waals surface area contributed by atoms with E-state index in [1.54, 1.807) is 10.6 Å². The number of carboxylic acids is 1. The minimum atomic E-state index is -0.888. The number of carboxylic acid groups (broad SMARTS) is 1. The average molecular weight is 558 g/mol. The second kappa shape index (κ2) is 17.2. The molecule has 0 saturated carbocycles. The molecule has 1 aliphatic rings. The van der Waals surface area contributed by atoms with Crippen molar-refractivity contribution in [2.45, 2.75) is 86.2 Å². The molecule has 1 unspecified atom stereocenters. The van der Waals surface area contributed by atoms with E-state index in [1.807, 2.05) is 64.1 Å². The number of carbonyl (C=O) groups excluding carboxylic acids is 1. The summed E-state index contributed by atoms with van der Waals surface area (Å²) in [5.41, 5.74) is 6.64. The fourth-order valence-corrected chi connectivity index (χ4v) is 4.79. The number of aliphatic carboxylic acids is 1. The molecule has 1 N–H and O–H groups in total. The zero-order chi connectivity index (χ0) is 30.4. The van der Waals surface area contributed by atoms with Crippen molar-refractivity contribution in [3.63, 3.8) is 0 Å². The smallest absolute Gasteiger partial charge is 0.307 e. The Morgan fingerprint density at radius 3 is 2.66 bits per heavy atom. The molecule has 2 aromatic rings. The summed E-state index contributed by atoms with van der Waals surface area (Å²) < 4.78 is 7.83. The van der Waals surface area contributed by atoms with Gasteiger partial charge in [-0.1, -0.05) is 87.6 Å². The molecule has 1 heterocycles. The van der Waals surface area contributed by atoms with Crippen LogP contribution >= 0.6 is 0 Å². The van der Waals surface area contributed by atoms with Gasteiger partial charge in [0, 0.05) is 16.7 Å². The summed E-state index contributed by atoms with van der Waals surface area (Å²) >= 11 is 0. The summed E-state index contributed by atoms with van der Waals surface area (Å²) in [5, 5.41) is 10.1. The summed E-state index contributed by atoms with van der Waals surface area (Å²) in [7, 11) is 0. The molecule has 5 nitrogen and oxygen atoms in total. The first-order valence-corrected chi connectivity index (χ1v) is 14.7. The highest BCUT2D eigenvalue weighted by Crippen LogP contribution is 2.26. The number of allylic oxidation sites excluding steroid dienone is 8. The minimum absolute atomic E-state index is 0.0734. The molecule has 41 heavy (non-hydrogen) atoms. The molecule has 220 valence electrons. The number of ether oxygens (including phenoxy) is 1. The number of hydrogen-bond donors (Lipinski definition) is 1. The molecule has 3 rings (SSSR count). The Bertz CT molecular complexity index is 1360. The number of rotatable bonds is 12. The lowest BCUT2D eigenvalue weighted by molar-refractivity contribution is -0.136. The van der Waals surface area contributed by atoms with Gasteiger partial charge in [-0.15, -0.1) is 0 Å². The van der Waals surface area contributed by atoms with Crippen LogP contribution in [0.2, 0.25) is 0 Å². The van der Waals surface area contributed by atoms with Crippen LogP contribution in [0.3, 0.4) is 0 Å². The molecule has 0 radical (unpaired) electrons. The van der Waals surface area contributed by atoms with Crippen molar-refractivity contribution in [3.05, 3.63) is 107 Å². The molecule has 5 heteroatoms. The first-order valence-electron chi connectivity index (χ1n) is 14.7. The van der Waals surface area contributed by atoms with Crippen LogP contribution in [-0.4, -0.2) is 34.3 Å². The van der Waals surface area contributed by atoms with Gasteiger partial charge in [-0.3, -0.25) is 14.2 Å². The van der Waals surface area contributed by atoms with Crippen LogP contribution in [-0.2, 0) is 16.0 Å². The quantitative estimate of drug-likeness (QED) is 0.209. The standard InChI is InChI=1S/C34H41NO4.C2H6/c1-6-8-11-25(4)27(7-2)17-16-24(3)20-21-39-30-14-9-12-28(18-19-30)34(38)35-26(5)22-31-29(23-33(36)37)13-10-15-32(31)35;1-2/h6,8-10,13-18,22,30H,4,7,11-12,19-21,23H2,1-3,5H3,(H,36,37);1-2H3/b8-6-,24-16+,27-17-;. The second-order valence-corrected chi connectivity index (χ2v) is 10.0. The van der Waals surface area contributed by atoms with E-state index in [9.17, 15) is 14.7 Å². The summed E-state index contributed by atoms with van der Waals surface area (Å²) in [6, 6.07) is 7.39. The van der Waals surface area contributed by atoms with Crippen LogP contribution < -0.4 is 0 Å². The lowest BCUT2D eigenvalue weighted by Gasteiger charge is -2.12. The highest BCUT2D eigenvalue weighted by molar-refractivity contribution is 6.03. The third-order valence-corrected chi connectivity index (χ3v) is 7.06. The van der Waals surface area contributed by atoms with Gasteiger partial charge in [0.1, 0.15) is 0 Å². The van der Waals surface area contributed by atoms with Gasteiger partial charge in [0.25, 0.3) is 5.91 Å². The predicted octanol–water partition coefficient (Wildman–Crippen LogP) is 9.10. The Morgan fingerprint density at radius 2 is 1.98 bits per heavy atom. The van der Waals surface area contributed by atoms with Gasteiger partial charge < -0.3 is 9.84 Å². The van der Waals surface area contributed by atoms with Gasteiger partial charge in [0.05, 0.1) is 24.6 Å². The van der Waals surface area contributed by atoms with E-state index in [-0.39, 0.29) is 18.4 Å². The van der Waals surface area contributed by atoms with E-state index < -0.39 is 5.97 Å². The Hall–Kier alpha value is -3.70. The van der Waals surface area contributed by atoms with Crippen molar-refractivity contribution in [2.75, 3.05) is 6.61 Å². The van der Waals surface area contributed by atoms with Gasteiger partial charge in [-0.25, -0.2) is 0 Å². The van der Waals surface area contributed by atoms with Crippen molar-refractivity contribution in [1.82, 2.24) is 4.57 Å². The number of nitrogens with zero attached hydrogens (tertiary/aromatic N) is 1. The van der Waals surface area contributed by atoms with Gasteiger partial charge in [-0.05, 0) is 81.7 Å². The predicted molar refractivity (Wildman–Crippen MR) is 172 cm³/mol. The first kappa shape index (κ1) is 33.5. The largest absolute Gasteiger partial charge is 0.481 e. The third kappa shape index (κ3) is 9.72. The van der Waals surface area contributed by atoms with Crippen LogP contribution in [0, 0.1) is 6.92 Å². The molecule has 1 aliphatic carbocycles. The fourth-order valence-electron chi connectivity index (χ4n) is 4.79. The first-order chi connectivity index (χ1) is 19.7. The maximum Gasteiger partial charge on any atom is 0.307 e. The number of benzene rings is 1. The van der Waals surface area contributed by atoms with E-state index in [0.29, 0.717) is 30.6 Å². The van der Waals surface area contributed by atoms with Crippen molar-refractivity contribution in [1.29, 1.82) is 0 Å². The molecule has 0 aliphatic heterocycles. The summed E-state index contributed by atoms with van der Waals surface area (Å²) in [6.07, 6.45) is 18.2. The van der Waals surface area contributed by atoms with E-state index in [2.05, 4.69) is 44.7 Å². The second-order valence-electron chi connectivity index (χ2n) is 10.0. The monoisotopic (exact) mass is 557 g/mol. The highest BCUT2D eigenvalue weighted by Gasteiger charge is 2.20. The Kier molecular flexibility index (Phi) is 14.0. The van der Waals surface area contributed by atoms with Crippen LogP contribution in [0.15, 0.2) is 95.7 Å². The maximum atomic E-state index is 13.5. The molecule has 1 aromatic heterocycles. The molecule has 0 spiro atoms. The molecule has 1 atom stereocenters. The fraction of sp³-hybridized carbons (Fsp3) is 0.389. The van der Waals surface area contributed by atoms with Gasteiger partial charge in [0.15, 0.2) is 0 Å². The Morgan fingerprint density at radius 1 is 1.22 bits per heavy atom. The molecule has 0 fully saturated rings. The van der Waals surface area contributed by atoms with Gasteiger partial charge in [0.2, 0.25) is 0 Å². The summed E-state index contributed by atoms with van der Waals surface area (Å²) in [4.78, 5) is 24.8. The highest BCUT2D eigenvalue weighted by atomic mass is 16.5. The van der Waals surface area contributed by atoms with E-state index in [4.69, 9.17) is 4.74 Å². The van der Waals surface area contributed by atoms with Crippen molar-refractivity contribution in [3.8, 4) is 0 Å². The summed E-state index contributed by atoms with van der Waals surface area (Å²) in [5.74, 6) is -0.964. The summed E-state index contributed by atoms with van der Waals surface area (Å²) in [6.45, 7) is 17.0. The normalized spacial score (nSPS) is 15.9.